The molecule has 0 aliphatic rings. The maximum Gasteiger partial charge on any atom is 0.0698 e. The number of ether oxygens (including phenoxy) is 1. The molecule has 16 heavy (non-hydrogen) atoms. The molecule has 0 amide bonds. The second-order valence-corrected chi connectivity index (χ2v) is 3.58. The second-order valence-electron chi connectivity index (χ2n) is 3.14. The predicted molar refractivity (Wildman–Crippen MR) is 68.3 cm³/mol. The summed E-state index contributed by atoms with van der Waals surface area (Å²) >= 11 is 5.85. The van der Waals surface area contributed by atoms with Gasteiger partial charge in [-0.25, -0.2) is 0 Å². The van der Waals surface area contributed by atoms with Gasteiger partial charge in [-0.15, -0.1) is 12.4 Å². The largest absolute Gasteiger partial charge is 0.394 e. The van der Waals surface area contributed by atoms with Crippen molar-refractivity contribution in [2.24, 2.45) is 0 Å². The van der Waals surface area contributed by atoms with Crippen LogP contribution in [-0.2, 0) is 11.3 Å². The van der Waals surface area contributed by atoms with Crippen LogP contribution in [0.4, 0.5) is 0 Å². The Morgan fingerprint density at radius 1 is 1.31 bits per heavy atom. The van der Waals surface area contributed by atoms with Crippen LogP contribution in [0.15, 0.2) is 24.3 Å². The first-order valence-electron chi connectivity index (χ1n) is 4.96. The summed E-state index contributed by atoms with van der Waals surface area (Å²) in [7, 11) is 0. The van der Waals surface area contributed by atoms with Crippen molar-refractivity contribution in [2.45, 2.75) is 6.54 Å². The zero-order valence-corrected chi connectivity index (χ0v) is 10.6. The number of benzene rings is 1. The lowest BCUT2D eigenvalue weighted by Gasteiger charge is -2.05. The lowest BCUT2D eigenvalue weighted by atomic mass is 10.2. The van der Waals surface area contributed by atoms with Crippen LogP contribution in [0, 0.1) is 0 Å². The van der Waals surface area contributed by atoms with Crippen molar-refractivity contribution in [1.29, 1.82) is 0 Å². The zero-order valence-electron chi connectivity index (χ0n) is 8.99. The van der Waals surface area contributed by atoms with Crippen molar-refractivity contribution < 1.29 is 9.84 Å². The number of rotatable bonds is 7. The first-order valence-corrected chi connectivity index (χ1v) is 5.34. The van der Waals surface area contributed by atoms with Gasteiger partial charge in [0.05, 0.1) is 19.8 Å². The molecule has 1 aromatic rings. The molecule has 0 aromatic heterocycles. The molecule has 0 unspecified atom stereocenters. The first kappa shape index (κ1) is 15.7. The molecule has 0 spiro atoms. The Morgan fingerprint density at radius 3 is 2.81 bits per heavy atom. The van der Waals surface area contributed by atoms with Crippen molar-refractivity contribution >= 4 is 24.0 Å². The Balaban J connectivity index is 0.00000225. The van der Waals surface area contributed by atoms with Gasteiger partial charge >= 0.3 is 0 Å². The van der Waals surface area contributed by atoms with Gasteiger partial charge in [0.1, 0.15) is 0 Å². The van der Waals surface area contributed by atoms with Gasteiger partial charge in [0.25, 0.3) is 0 Å². The molecule has 0 radical (unpaired) electrons. The van der Waals surface area contributed by atoms with E-state index in [1.807, 2.05) is 24.3 Å². The van der Waals surface area contributed by atoms with Gasteiger partial charge in [-0.1, -0.05) is 23.7 Å². The van der Waals surface area contributed by atoms with E-state index in [1.54, 1.807) is 0 Å². The van der Waals surface area contributed by atoms with E-state index in [-0.39, 0.29) is 19.0 Å². The molecule has 0 aliphatic carbocycles. The second kappa shape index (κ2) is 9.87. The topological polar surface area (TPSA) is 41.5 Å². The van der Waals surface area contributed by atoms with Crippen LogP contribution >= 0.6 is 24.0 Å². The van der Waals surface area contributed by atoms with E-state index < -0.39 is 0 Å². The van der Waals surface area contributed by atoms with E-state index in [0.717, 1.165) is 23.7 Å². The third-order valence-electron chi connectivity index (χ3n) is 1.88. The van der Waals surface area contributed by atoms with Gasteiger partial charge in [0, 0.05) is 18.1 Å². The van der Waals surface area contributed by atoms with Gasteiger partial charge in [0.15, 0.2) is 0 Å². The van der Waals surface area contributed by atoms with Crippen molar-refractivity contribution in [3.05, 3.63) is 34.9 Å². The van der Waals surface area contributed by atoms with E-state index in [9.17, 15) is 0 Å². The highest BCUT2D eigenvalue weighted by Gasteiger charge is 1.93. The van der Waals surface area contributed by atoms with Crippen molar-refractivity contribution in [3.63, 3.8) is 0 Å². The number of aliphatic hydroxyl groups is 1. The molecule has 0 saturated heterocycles. The predicted octanol–water partition coefficient (Wildman–Crippen LogP) is 1.86. The van der Waals surface area contributed by atoms with E-state index in [0.29, 0.717) is 13.2 Å². The molecule has 1 aromatic carbocycles. The molecule has 0 bridgehead atoms. The van der Waals surface area contributed by atoms with E-state index in [1.165, 1.54) is 0 Å². The van der Waals surface area contributed by atoms with Crippen LogP contribution in [0.2, 0.25) is 5.02 Å². The number of hydrogen-bond donors (Lipinski definition) is 2. The van der Waals surface area contributed by atoms with Gasteiger partial charge in [-0.3, -0.25) is 0 Å². The van der Waals surface area contributed by atoms with Crippen LogP contribution < -0.4 is 5.32 Å². The van der Waals surface area contributed by atoms with Gasteiger partial charge in [-0.05, 0) is 17.7 Å². The third-order valence-corrected chi connectivity index (χ3v) is 2.11. The maximum absolute atomic E-state index is 8.47. The SMILES string of the molecule is Cl.OCCOCCNCc1cccc(Cl)c1. The quantitative estimate of drug-likeness (QED) is 0.740. The Hall–Kier alpha value is -0.320. The molecule has 0 fully saturated rings. The highest BCUT2D eigenvalue weighted by Crippen LogP contribution is 2.09. The molecule has 0 heterocycles. The molecule has 0 saturated carbocycles. The number of nitrogens with one attached hydrogen (secondary N) is 1. The normalized spacial score (nSPS) is 9.88. The molecule has 0 aliphatic heterocycles. The van der Waals surface area contributed by atoms with Gasteiger partial charge in [-0.2, -0.15) is 0 Å². The molecule has 0 atom stereocenters. The monoisotopic (exact) mass is 265 g/mol. The molecular weight excluding hydrogens is 249 g/mol. The summed E-state index contributed by atoms with van der Waals surface area (Å²) in [6, 6.07) is 7.74. The van der Waals surface area contributed by atoms with Crippen molar-refractivity contribution in [2.75, 3.05) is 26.4 Å². The minimum absolute atomic E-state index is 0. The molecule has 2 N–H and O–H groups in total. The Labute approximate surface area is 107 Å². The summed E-state index contributed by atoms with van der Waals surface area (Å²) in [5.41, 5.74) is 1.16. The number of halogens is 2. The zero-order chi connectivity index (χ0) is 10.9. The molecule has 5 heteroatoms. The highest BCUT2D eigenvalue weighted by atomic mass is 35.5. The smallest absolute Gasteiger partial charge is 0.0698 e. The maximum atomic E-state index is 8.47. The average molecular weight is 266 g/mol. The van der Waals surface area contributed by atoms with Crippen LogP contribution in [0.1, 0.15) is 5.56 Å². The lowest BCUT2D eigenvalue weighted by molar-refractivity contribution is 0.0938. The minimum Gasteiger partial charge on any atom is -0.394 e. The minimum atomic E-state index is 0. The van der Waals surface area contributed by atoms with E-state index in [2.05, 4.69) is 5.32 Å². The summed E-state index contributed by atoms with van der Waals surface area (Å²) < 4.78 is 5.11. The van der Waals surface area contributed by atoms with Crippen LogP contribution in [0.5, 0.6) is 0 Å². The summed E-state index contributed by atoms with van der Waals surface area (Å²) in [6.45, 7) is 2.64. The Morgan fingerprint density at radius 2 is 2.12 bits per heavy atom. The third kappa shape index (κ3) is 7.04. The highest BCUT2D eigenvalue weighted by molar-refractivity contribution is 6.30. The first-order chi connectivity index (χ1) is 7.33. The van der Waals surface area contributed by atoms with Crippen molar-refractivity contribution in [3.8, 4) is 0 Å². The average Bonchev–Trinajstić information content (AvgIpc) is 2.23. The van der Waals surface area contributed by atoms with Crippen LogP contribution in [-0.4, -0.2) is 31.5 Å². The summed E-state index contributed by atoms with van der Waals surface area (Å²) in [5, 5.41) is 12.4. The number of hydrogen-bond acceptors (Lipinski definition) is 3. The molecule has 1 rings (SSSR count). The van der Waals surface area contributed by atoms with Crippen molar-refractivity contribution in [1.82, 2.24) is 5.32 Å². The van der Waals surface area contributed by atoms with Crippen LogP contribution in [0.25, 0.3) is 0 Å². The summed E-state index contributed by atoms with van der Waals surface area (Å²) in [5.74, 6) is 0. The van der Waals surface area contributed by atoms with Gasteiger partial charge < -0.3 is 15.2 Å². The molecular formula is C11H17Cl2NO2. The number of aliphatic hydroxyl groups excluding tert-OH is 1. The Kier molecular flexibility index (Phi) is 9.68. The fourth-order valence-electron chi connectivity index (χ4n) is 1.19. The fourth-order valence-corrected chi connectivity index (χ4v) is 1.40. The van der Waals surface area contributed by atoms with E-state index in [4.69, 9.17) is 21.4 Å². The fraction of sp³-hybridized carbons (Fsp3) is 0.455. The van der Waals surface area contributed by atoms with Crippen LogP contribution in [0.3, 0.4) is 0 Å². The Bertz CT molecular complexity index is 284. The standard InChI is InChI=1S/C11H16ClNO2.ClH/c12-11-3-1-2-10(8-11)9-13-4-6-15-7-5-14;/h1-3,8,13-14H,4-7,9H2;1H. The lowest BCUT2D eigenvalue weighted by Crippen LogP contribution is -2.19. The van der Waals surface area contributed by atoms with E-state index >= 15 is 0 Å². The summed E-state index contributed by atoms with van der Waals surface area (Å²) in [4.78, 5) is 0. The molecule has 92 valence electrons. The summed E-state index contributed by atoms with van der Waals surface area (Å²) in [6.07, 6.45) is 0. The molecule has 3 nitrogen and oxygen atoms in total. The van der Waals surface area contributed by atoms with Gasteiger partial charge in [0.2, 0.25) is 0 Å².